The van der Waals surface area contributed by atoms with Crippen molar-refractivity contribution in [2.75, 3.05) is 39.4 Å². The highest BCUT2D eigenvalue weighted by Crippen LogP contribution is 2.05. The van der Waals surface area contributed by atoms with E-state index in [1.54, 1.807) is 0 Å². The van der Waals surface area contributed by atoms with Gasteiger partial charge in [-0.1, -0.05) is 30.3 Å². The van der Waals surface area contributed by atoms with Gasteiger partial charge in [0.15, 0.2) is 11.8 Å². The molecule has 1 aliphatic rings. The minimum atomic E-state index is 0.312. The van der Waals surface area contributed by atoms with Gasteiger partial charge in [-0.3, -0.25) is 4.90 Å². The van der Waals surface area contributed by atoms with E-state index in [1.165, 1.54) is 5.56 Å². The molecular formula is C23H37N7O. The predicted octanol–water partition coefficient (Wildman–Crippen LogP) is 1.90. The van der Waals surface area contributed by atoms with Gasteiger partial charge in [-0.05, 0) is 45.2 Å². The molecule has 2 heterocycles. The van der Waals surface area contributed by atoms with Crippen LogP contribution >= 0.6 is 0 Å². The van der Waals surface area contributed by atoms with Crippen molar-refractivity contribution >= 4 is 5.96 Å². The van der Waals surface area contributed by atoms with E-state index in [1.807, 2.05) is 18.5 Å². The molecule has 0 radical (unpaired) electrons. The molecule has 8 nitrogen and oxygen atoms in total. The van der Waals surface area contributed by atoms with E-state index in [2.05, 4.69) is 63.0 Å². The van der Waals surface area contributed by atoms with Crippen LogP contribution in [-0.4, -0.2) is 71.1 Å². The Labute approximate surface area is 186 Å². The van der Waals surface area contributed by atoms with E-state index in [-0.39, 0.29) is 0 Å². The van der Waals surface area contributed by atoms with Crippen molar-refractivity contribution in [1.82, 2.24) is 30.3 Å². The number of ether oxygens (including phenoxy) is 1. The second-order valence-corrected chi connectivity index (χ2v) is 8.19. The smallest absolute Gasteiger partial charge is 0.191 e. The van der Waals surface area contributed by atoms with Crippen LogP contribution in [0.15, 0.2) is 35.3 Å². The summed E-state index contributed by atoms with van der Waals surface area (Å²) in [6.45, 7) is 10.4. The van der Waals surface area contributed by atoms with Gasteiger partial charge in [-0.25, -0.2) is 4.99 Å². The summed E-state index contributed by atoms with van der Waals surface area (Å²) >= 11 is 0. The number of aliphatic imine (C=N–C) groups is 1. The molecule has 1 atom stereocenters. The molecule has 1 aliphatic heterocycles. The van der Waals surface area contributed by atoms with Crippen LogP contribution in [-0.2, 0) is 24.8 Å². The summed E-state index contributed by atoms with van der Waals surface area (Å²) in [5.74, 6) is 2.60. The third kappa shape index (κ3) is 7.95. The zero-order chi connectivity index (χ0) is 21.9. The van der Waals surface area contributed by atoms with Gasteiger partial charge < -0.3 is 19.9 Å². The van der Waals surface area contributed by atoms with Crippen LogP contribution < -0.4 is 10.6 Å². The predicted molar refractivity (Wildman–Crippen MR) is 124 cm³/mol. The van der Waals surface area contributed by atoms with Crippen molar-refractivity contribution in [3.63, 3.8) is 0 Å². The number of nitrogens with zero attached hydrogens (tertiary/aromatic N) is 5. The summed E-state index contributed by atoms with van der Waals surface area (Å²) in [6.07, 6.45) is 3.16. The highest BCUT2D eigenvalue weighted by Gasteiger charge is 2.11. The molecule has 170 valence electrons. The molecule has 2 N–H and O–H groups in total. The molecule has 0 spiro atoms. The molecule has 0 bridgehead atoms. The highest BCUT2D eigenvalue weighted by atomic mass is 16.5. The van der Waals surface area contributed by atoms with E-state index in [0.29, 0.717) is 12.6 Å². The average Bonchev–Trinajstić information content (AvgIpc) is 3.12. The monoisotopic (exact) mass is 427 g/mol. The van der Waals surface area contributed by atoms with Crippen LogP contribution in [0, 0.1) is 6.92 Å². The molecule has 1 aromatic heterocycles. The number of hydrogen-bond acceptors (Lipinski definition) is 5. The second-order valence-electron chi connectivity index (χ2n) is 8.19. The Morgan fingerprint density at radius 2 is 1.97 bits per heavy atom. The third-order valence-electron chi connectivity index (χ3n) is 5.70. The number of hydrogen-bond donors (Lipinski definition) is 2. The lowest BCUT2D eigenvalue weighted by atomic mass is 10.1. The number of morpholine rings is 1. The summed E-state index contributed by atoms with van der Waals surface area (Å²) in [5.41, 5.74) is 1.36. The molecule has 0 amide bonds. The Morgan fingerprint density at radius 3 is 2.68 bits per heavy atom. The lowest BCUT2D eigenvalue weighted by Gasteiger charge is -2.26. The van der Waals surface area contributed by atoms with Crippen LogP contribution in [0.3, 0.4) is 0 Å². The standard InChI is InChI=1S/C23H37N7O/c1-19(10-11-21-8-5-4-6-9-21)26-23(25-18-22-28-27-20(2)29(22)3)24-12-7-13-30-14-16-31-17-15-30/h4-6,8-9,19H,7,10-18H2,1-3H3,(H2,24,25,26). The van der Waals surface area contributed by atoms with E-state index in [4.69, 9.17) is 9.73 Å². The van der Waals surface area contributed by atoms with Gasteiger partial charge in [-0.15, -0.1) is 10.2 Å². The van der Waals surface area contributed by atoms with Crippen molar-refractivity contribution < 1.29 is 4.74 Å². The Hall–Kier alpha value is -2.45. The minimum Gasteiger partial charge on any atom is -0.379 e. The molecule has 31 heavy (non-hydrogen) atoms. The molecule has 2 aromatic rings. The lowest BCUT2D eigenvalue weighted by molar-refractivity contribution is 0.0376. The topological polar surface area (TPSA) is 79.6 Å². The molecule has 1 fully saturated rings. The van der Waals surface area contributed by atoms with Crippen molar-refractivity contribution in [2.24, 2.45) is 12.0 Å². The fourth-order valence-corrected chi connectivity index (χ4v) is 3.56. The number of aromatic nitrogens is 3. The molecular weight excluding hydrogens is 390 g/mol. The van der Waals surface area contributed by atoms with Gasteiger partial charge in [0.2, 0.25) is 0 Å². The van der Waals surface area contributed by atoms with Gasteiger partial charge in [0, 0.05) is 32.7 Å². The Balaban J connectivity index is 1.51. The van der Waals surface area contributed by atoms with E-state index >= 15 is 0 Å². The van der Waals surface area contributed by atoms with Gasteiger partial charge in [0.1, 0.15) is 12.4 Å². The van der Waals surface area contributed by atoms with Gasteiger partial charge in [0.05, 0.1) is 13.2 Å². The molecule has 3 rings (SSSR count). The number of aryl methyl sites for hydroxylation is 2. The molecule has 0 aliphatic carbocycles. The fourth-order valence-electron chi connectivity index (χ4n) is 3.56. The Morgan fingerprint density at radius 1 is 1.19 bits per heavy atom. The Kier molecular flexibility index (Phi) is 9.30. The van der Waals surface area contributed by atoms with Gasteiger partial charge >= 0.3 is 0 Å². The zero-order valence-electron chi connectivity index (χ0n) is 19.2. The minimum absolute atomic E-state index is 0.312. The molecule has 1 unspecified atom stereocenters. The van der Waals surface area contributed by atoms with Crippen LogP contribution in [0.25, 0.3) is 0 Å². The average molecular weight is 428 g/mol. The Bertz CT molecular complexity index is 800. The van der Waals surface area contributed by atoms with Crippen LogP contribution in [0.1, 0.15) is 37.0 Å². The molecule has 1 aromatic carbocycles. The van der Waals surface area contributed by atoms with Gasteiger partial charge in [0.25, 0.3) is 0 Å². The van der Waals surface area contributed by atoms with E-state index in [0.717, 1.165) is 76.3 Å². The van der Waals surface area contributed by atoms with Crippen molar-refractivity contribution in [3.8, 4) is 0 Å². The second kappa shape index (κ2) is 12.4. The normalized spacial score (nSPS) is 16.3. The summed E-state index contributed by atoms with van der Waals surface area (Å²) in [4.78, 5) is 7.24. The van der Waals surface area contributed by atoms with Crippen LogP contribution in [0.5, 0.6) is 0 Å². The summed E-state index contributed by atoms with van der Waals surface area (Å²) in [6, 6.07) is 10.9. The van der Waals surface area contributed by atoms with E-state index in [9.17, 15) is 0 Å². The summed E-state index contributed by atoms with van der Waals surface area (Å²) < 4.78 is 7.41. The van der Waals surface area contributed by atoms with E-state index < -0.39 is 0 Å². The largest absolute Gasteiger partial charge is 0.379 e. The van der Waals surface area contributed by atoms with Gasteiger partial charge in [-0.2, -0.15) is 0 Å². The zero-order valence-corrected chi connectivity index (χ0v) is 19.2. The van der Waals surface area contributed by atoms with Crippen LogP contribution in [0.2, 0.25) is 0 Å². The fraction of sp³-hybridized carbons (Fsp3) is 0.609. The number of benzene rings is 1. The lowest BCUT2D eigenvalue weighted by Crippen LogP contribution is -2.44. The molecule has 0 saturated carbocycles. The summed E-state index contributed by atoms with van der Waals surface area (Å²) in [5, 5.41) is 15.4. The quantitative estimate of drug-likeness (QED) is 0.343. The van der Waals surface area contributed by atoms with Crippen molar-refractivity contribution in [3.05, 3.63) is 47.5 Å². The maximum atomic E-state index is 5.43. The number of rotatable bonds is 10. The number of guanidine groups is 1. The SMILES string of the molecule is Cc1nnc(CN=C(NCCCN2CCOCC2)NC(C)CCc2ccccc2)n1C. The molecule has 1 saturated heterocycles. The van der Waals surface area contributed by atoms with Crippen molar-refractivity contribution in [1.29, 1.82) is 0 Å². The first kappa shape index (κ1) is 23.2. The summed E-state index contributed by atoms with van der Waals surface area (Å²) in [7, 11) is 1.98. The number of nitrogens with one attached hydrogen (secondary N) is 2. The van der Waals surface area contributed by atoms with Crippen molar-refractivity contribution in [2.45, 2.75) is 45.7 Å². The first-order valence-electron chi connectivity index (χ1n) is 11.4. The first-order valence-corrected chi connectivity index (χ1v) is 11.4. The first-order chi connectivity index (χ1) is 15.1. The highest BCUT2D eigenvalue weighted by molar-refractivity contribution is 5.80. The van der Waals surface area contributed by atoms with Crippen LogP contribution in [0.4, 0.5) is 0 Å². The maximum absolute atomic E-state index is 5.43. The third-order valence-corrected chi connectivity index (χ3v) is 5.70. The molecule has 8 heteroatoms. The maximum Gasteiger partial charge on any atom is 0.191 e.